The summed E-state index contributed by atoms with van der Waals surface area (Å²) in [7, 11) is 3.08. The predicted octanol–water partition coefficient (Wildman–Crippen LogP) is 4.15. The number of nitrogens with zero attached hydrogens (tertiary/aromatic N) is 2. The number of hydrogen-bond donors (Lipinski definition) is 1. The van der Waals surface area contributed by atoms with Gasteiger partial charge in [0, 0.05) is 23.0 Å². The van der Waals surface area contributed by atoms with Crippen LogP contribution < -0.4 is 20.3 Å². The Labute approximate surface area is 166 Å². The normalized spacial score (nSPS) is 10.6. The van der Waals surface area contributed by atoms with Crippen molar-refractivity contribution in [3.8, 4) is 11.5 Å². The fraction of sp³-hybridized carbons (Fsp3) is 0.200. The Morgan fingerprint density at radius 3 is 2.57 bits per heavy atom. The second-order valence-electron chi connectivity index (χ2n) is 6.12. The number of aromatic nitrogens is 2. The summed E-state index contributed by atoms with van der Waals surface area (Å²) in [6.45, 7) is 2.15. The highest BCUT2D eigenvalue weighted by atomic mass is 35.5. The molecule has 0 saturated carbocycles. The van der Waals surface area contributed by atoms with Gasteiger partial charge >= 0.3 is 5.56 Å². The molecule has 0 aliphatic rings. The number of ether oxygens (including phenoxy) is 2. The minimum absolute atomic E-state index is 0.196. The molecular formula is C20H19ClFN3O3. The molecule has 0 bridgehead atoms. The Balaban J connectivity index is 2.02. The third-order valence-electron chi connectivity index (χ3n) is 4.17. The van der Waals surface area contributed by atoms with E-state index in [4.69, 9.17) is 21.1 Å². The van der Waals surface area contributed by atoms with Gasteiger partial charge in [0.1, 0.15) is 0 Å². The van der Waals surface area contributed by atoms with E-state index in [1.165, 1.54) is 11.7 Å². The first kappa shape index (κ1) is 19.7. The maximum atomic E-state index is 13.9. The number of anilines is 2. The third-order valence-corrected chi connectivity index (χ3v) is 4.41. The highest BCUT2D eigenvalue weighted by Gasteiger charge is 2.13. The van der Waals surface area contributed by atoms with Crippen molar-refractivity contribution in [3.05, 3.63) is 74.9 Å². The molecule has 3 aromatic rings. The van der Waals surface area contributed by atoms with Crippen LogP contribution in [0, 0.1) is 12.7 Å². The van der Waals surface area contributed by atoms with Gasteiger partial charge in [0.25, 0.3) is 0 Å². The van der Waals surface area contributed by atoms with Crippen molar-refractivity contribution in [2.24, 2.45) is 0 Å². The van der Waals surface area contributed by atoms with Gasteiger partial charge in [-0.15, -0.1) is 0 Å². The standard InChI is InChI=1S/C20H19ClFN3O3/c1-12-7-17(27-2)18(28-3)9-16(12)23-20-24-19(26)15(22)11-25(20)10-13-5-4-6-14(21)8-13/h4-9,11H,10H2,1-3H3,(H,23,24,26). The molecule has 0 spiro atoms. The first-order valence-electron chi connectivity index (χ1n) is 8.42. The van der Waals surface area contributed by atoms with Crippen LogP contribution in [-0.4, -0.2) is 23.8 Å². The Morgan fingerprint density at radius 1 is 1.18 bits per heavy atom. The van der Waals surface area contributed by atoms with E-state index in [0.29, 0.717) is 22.2 Å². The van der Waals surface area contributed by atoms with Gasteiger partial charge in [0.15, 0.2) is 11.5 Å². The molecule has 0 aliphatic heterocycles. The van der Waals surface area contributed by atoms with Crippen LogP contribution in [0.25, 0.3) is 0 Å². The molecule has 0 radical (unpaired) electrons. The number of hydrogen-bond acceptors (Lipinski definition) is 5. The van der Waals surface area contributed by atoms with Crippen molar-refractivity contribution in [1.82, 2.24) is 9.55 Å². The van der Waals surface area contributed by atoms with Crippen LogP contribution in [-0.2, 0) is 6.54 Å². The molecule has 6 nitrogen and oxygen atoms in total. The molecule has 0 saturated heterocycles. The average molecular weight is 404 g/mol. The Morgan fingerprint density at radius 2 is 1.89 bits per heavy atom. The Bertz CT molecular complexity index is 1070. The molecule has 146 valence electrons. The zero-order chi connectivity index (χ0) is 20.3. The van der Waals surface area contributed by atoms with Gasteiger partial charge in [-0.25, -0.2) is 0 Å². The highest BCUT2D eigenvalue weighted by Crippen LogP contribution is 2.34. The van der Waals surface area contributed by atoms with Crippen molar-refractivity contribution >= 4 is 23.2 Å². The lowest BCUT2D eigenvalue weighted by atomic mass is 10.1. The van der Waals surface area contributed by atoms with Gasteiger partial charge < -0.3 is 19.4 Å². The third kappa shape index (κ3) is 4.26. The summed E-state index contributed by atoms with van der Waals surface area (Å²) in [5.41, 5.74) is 1.38. The Kier molecular flexibility index (Phi) is 5.84. The lowest BCUT2D eigenvalue weighted by Crippen LogP contribution is -2.20. The molecule has 28 heavy (non-hydrogen) atoms. The maximum Gasteiger partial charge on any atom is 0.310 e. The summed E-state index contributed by atoms with van der Waals surface area (Å²) in [4.78, 5) is 15.6. The summed E-state index contributed by atoms with van der Waals surface area (Å²) >= 11 is 6.03. The summed E-state index contributed by atoms with van der Waals surface area (Å²) in [5, 5.41) is 3.65. The minimum atomic E-state index is -0.942. The summed E-state index contributed by atoms with van der Waals surface area (Å²) in [5.74, 6) is 0.355. The van der Waals surface area contributed by atoms with E-state index in [0.717, 1.165) is 17.3 Å². The van der Waals surface area contributed by atoms with Gasteiger partial charge in [-0.05, 0) is 36.2 Å². The molecule has 0 atom stereocenters. The second kappa shape index (κ2) is 8.31. The zero-order valence-electron chi connectivity index (χ0n) is 15.6. The fourth-order valence-electron chi connectivity index (χ4n) is 2.76. The van der Waals surface area contributed by atoms with Gasteiger partial charge in [-0.1, -0.05) is 23.7 Å². The number of halogens is 2. The fourth-order valence-corrected chi connectivity index (χ4v) is 2.97. The molecule has 0 fully saturated rings. The topological polar surface area (TPSA) is 65.4 Å². The molecule has 8 heteroatoms. The van der Waals surface area contributed by atoms with E-state index in [2.05, 4.69) is 10.3 Å². The van der Waals surface area contributed by atoms with Crippen LogP contribution in [0.2, 0.25) is 5.02 Å². The monoisotopic (exact) mass is 403 g/mol. The van der Waals surface area contributed by atoms with Crippen molar-refractivity contribution < 1.29 is 13.9 Å². The van der Waals surface area contributed by atoms with Crippen LogP contribution in [0.5, 0.6) is 11.5 Å². The molecule has 3 rings (SSSR count). The van der Waals surface area contributed by atoms with Crippen LogP contribution in [0.3, 0.4) is 0 Å². The van der Waals surface area contributed by atoms with Gasteiger partial charge in [0.05, 0.1) is 20.8 Å². The van der Waals surface area contributed by atoms with E-state index in [9.17, 15) is 9.18 Å². The lowest BCUT2D eigenvalue weighted by Gasteiger charge is -2.17. The molecule has 1 N–H and O–H groups in total. The van der Waals surface area contributed by atoms with Gasteiger partial charge in [-0.2, -0.15) is 9.37 Å². The second-order valence-corrected chi connectivity index (χ2v) is 6.56. The number of nitrogens with one attached hydrogen (secondary N) is 1. The highest BCUT2D eigenvalue weighted by molar-refractivity contribution is 6.30. The number of rotatable bonds is 6. The van der Waals surface area contributed by atoms with E-state index in [1.54, 1.807) is 37.4 Å². The largest absolute Gasteiger partial charge is 0.493 e. The van der Waals surface area contributed by atoms with Gasteiger partial charge in [0.2, 0.25) is 11.8 Å². The zero-order valence-corrected chi connectivity index (χ0v) is 16.4. The smallest absolute Gasteiger partial charge is 0.310 e. The van der Waals surface area contributed by atoms with Crippen LogP contribution in [0.15, 0.2) is 47.4 Å². The number of methoxy groups -OCH3 is 2. The SMILES string of the molecule is COc1cc(C)c(Nc2nc(=O)c(F)cn2Cc2cccc(Cl)c2)cc1OC. The minimum Gasteiger partial charge on any atom is -0.493 e. The molecule has 0 aliphatic carbocycles. The van der Waals surface area contributed by atoms with Crippen LogP contribution in [0.4, 0.5) is 16.0 Å². The summed E-state index contributed by atoms with van der Waals surface area (Å²) < 4.78 is 26.0. The summed E-state index contributed by atoms with van der Waals surface area (Å²) in [6, 6.07) is 10.7. The van der Waals surface area contributed by atoms with Crippen molar-refractivity contribution in [2.45, 2.75) is 13.5 Å². The predicted molar refractivity (Wildman–Crippen MR) is 107 cm³/mol. The first-order chi connectivity index (χ1) is 13.4. The van der Waals surface area contributed by atoms with E-state index < -0.39 is 11.4 Å². The molecule has 2 aromatic carbocycles. The average Bonchev–Trinajstić information content (AvgIpc) is 2.66. The lowest BCUT2D eigenvalue weighted by molar-refractivity contribution is 0.355. The molecule has 1 aromatic heterocycles. The van der Waals surface area contributed by atoms with Gasteiger partial charge in [-0.3, -0.25) is 4.79 Å². The van der Waals surface area contributed by atoms with E-state index in [1.807, 2.05) is 13.0 Å². The molecule has 0 amide bonds. The number of aryl methyl sites for hydroxylation is 1. The van der Waals surface area contributed by atoms with Crippen molar-refractivity contribution in [3.63, 3.8) is 0 Å². The molecular weight excluding hydrogens is 385 g/mol. The quantitative estimate of drug-likeness (QED) is 0.669. The maximum absolute atomic E-state index is 13.9. The summed E-state index contributed by atoms with van der Waals surface area (Å²) in [6.07, 6.45) is 1.12. The number of benzene rings is 2. The van der Waals surface area contributed by atoms with Crippen LogP contribution >= 0.6 is 11.6 Å². The Hall–Kier alpha value is -3.06. The van der Waals surface area contributed by atoms with E-state index in [-0.39, 0.29) is 12.5 Å². The first-order valence-corrected chi connectivity index (χ1v) is 8.80. The van der Waals surface area contributed by atoms with Crippen molar-refractivity contribution in [2.75, 3.05) is 19.5 Å². The molecule has 0 unspecified atom stereocenters. The van der Waals surface area contributed by atoms with Crippen molar-refractivity contribution in [1.29, 1.82) is 0 Å². The van der Waals surface area contributed by atoms with Crippen LogP contribution in [0.1, 0.15) is 11.1 Å². The molecule has 1 heterocycles. The van der Waals surface area contributed by atoms with E-state index >= 15 is 0 Å².